The number of ether oxygens (including phenoxy) is 2. The molecule has 1 aromatic rings. The van der Waals surface area contributed by atoms with Crippen LogP contribution < -0.4 is 14.4 Å². The smallest absolute Gasteiger partial charge is 0.224 e. The highest BCUT2D eigenvalue weighted by Gasteiger charge is 2.21. The summed E-state index contributed by atoms with van der Waals surface area (Å²) in [6.45, 7) is 4.50. The number of rotatable bonds is 9. The van der Waals surface area contributed by atoms with Gasteiger partial charge < -0.3 is 19.3 Å². The zero-order chi connectivity index (χ0) is 19.0. The zero-order valence-electron chi connectivity index (χ0n) is 15.6. The van der Waals surface area contributed by atoms with Crippen molar-refractivity contribution in [3.63, 3.8) is 0 Å². The molecule has 0 aliphatic carbocycles. The number of carbonyl (C=O) groups is 2. The highest BCUT2D eigenvalue weighted by atomic mass is 35.5. The Labute approximate surface area is 154 Å². The number of amides is 2. The van der Waals surface area contributed by atoms with Crippen molar-refractivity contribution in [3.8, 4) is 11.5 Å². The Bertz CT molecular complexity index is 607. The van der Waals surface area contributed by atoms with E-state index in [9.17, 15) is 9.59 Å². The van der Waals surface area contributed by atoms with Crippen molar-refractivity contribution < 1.29 is 19.1 Å². The molecule has 0 heterocycles. The summed E-state index contributed by atoms with van der Waals surface area (Å²) in [5.74, 6) is 0.703. The SMILES string of the molecule is CCCCN(C)C(=O)CCN(C(C)=O)c1cc(OC)c(Cl)cc1OC. The molecule has 0 radical (unpaired) electrons. The average Bonchev–Trinajstić information content (AvgIpc) is 2.59. The second-order valence-corrected chi connectivity index (χ2v) is 6.16. The van der Waals surface area contributed by atoms with Gasteiger partial charge in [0.25, 0.3) is 0 Å². The molecule has 0 saturated carbocycles. The van der Waals surface area contributed by atoms with Gasteiger partial charge in [0.2, 0.25) is 11.8 Å². The van der Waals surface area contributed by atoms with E-state index in [4.69, 9.17) is 21.1 Å². The van der Waals surface area contributed by atoms with Crippen LogP contribution in [0.4, 0.5) is 5.69 Å². The van der Waals surface area contributed by atoms with E-state index in [1.165, 1.54) is 26.0 Å². The monoisotopic (exact) mass is 370 g/mol. The summed E-state index contributed by atoms with van der Waals surface area (Å²) in [5.41, 5.74) is 0.528. The average molecular weight is 371 g/mol. The van der Waals surface area contributed by atoms with Gasteiger partial charge >= 0.3 is 0 Å². The number of carbonyl (C=O) groups excluding carboxylic acids is 2. The normalized spacial score (nSPS) is 10.3. The Morgan fingerprint density at radius 1 is 1.12 bits per heavy atom. The molecule has 0 N–H and O–H groups in total. The van der Waals surface area contributed by atoms with Crippen LogP contribution in [0, 0.1) is 0 Å². The van der Waals surface area contributed by atoms with Crippen LogP contribution >= 0.6 is 11.6 Å². The fourth-order valence-electron chi connectivity index (χ4n) is 2.42. The van der Waals surface area contributed by atoms with Crippen molar-refractivity contribution in [2.24, 2.45) is 0 Å². The van der Waals surface area contributed by atoms with Gasteiger partial charge in [-0.05, 0) is 6.42 Å². The van der Waals surface area contributed by atoms with Gasteiger partial charge in [-0.2, -0.15) is 0 Å². The Hall–Kier alpha value is -1.95. The molecule has 6 nitrogen and oxygen atoms in total. The summed E-state index contributed by atoms with van der Waals surface area (Å²) < 4.78 is 10.6. The molecule has 0 unspecified atom stereocenters. The lowest BCUT2D eigenvalue weighted by atomic mass is 10.2. The molecule has 2 amide bonds. The third-order valence-corrected chi connectivity index (χ3v) is 4.24. The number of benzene rings is 1. The Kier molecular flexibility index (Phi) is 8.55. The largest absolute Gasteiger partial charge is 0.495 e. The summed E-state index contributed by atoms with van der Waals surface area (Å²) in [6, 6.07) is 3.24. The van der Waals surface area contributed by atoms with Crippen molar-refractivity contribution in [2.45, 2.75) is 33.1 Å². The van der Waals surface area contributed by atoms with E-state index in [0.29, 0.717) is 28.8 Å². The summed E-state index contributed by atoms with van der Waals surface area (Å²) in [7, 11) is 4.79. The lowest BCUT2D eigenvalue weighted by Crippen LogP contribution is -2.35. The molecule has 0 bridgehead atoms. The lowest BCUT2D eigenvalue weighted by Gasteiger charge is -2.25. The highest BCUT2D eigenvalue weighted by Crippen LogP contribution is 2.38. The minimum atomic E-state index is -0.188. The molecular weight excluding hydrogens is 344 g/mol. The summed E-state index contributed by atoms with van der Waals surface area (Å²) in [6.07, 6.45) is 2.22. The van der Waals surface area contributed by atoms with Gasteiger partial charge in [0.1, 0.15) is 11.5 Å². The first kappa shape index (κ1) is 21.1. The molecule has 0 fully saturated rings. The second kappa shape index (κ2) is 10.1. The van der Waals surface area contributed by atoms with E-state index in [-0.39, 0.29) is 24.8 Å². The van der Waals surface area contributed by atoms with Crippen LogP contribution in [0.15, 0.2) is 12.1 Å². The fraction of sp³-hybridized carbons (Fsp3) is 0.556. The molecule has 0 saturated heterocycles. The van der Waals surface area contributed by atoms with E-state index >= 15 is 0 Å². The maximum absolute atomic E-state index is 12.2. The van der Waals surface area contributed by atoms with Crippen LogP contribution in [0.2, 0.25) is 5.02 Å². The van der Waals surface area contributed by atoms with Gasteiger partial charge in [-0.15, -0.1) is 0 Å². The molecule has 140 valence electrons. The number of hydrogen-bond donors (Lipinski definition) is 0. The van der Waals surface area contributed by atoms with Crippen LogP contribution in [0.25, 0.3) is 0 Å². The van der Waals surface area contributed by atoms with E-state index in [1.807, 2.05) is 0 Å². The van der Waals surface area contributed by atoms with Gasteiger partial charge in [-0.25, -0.2) is 0 Å². The van der Waals surface area contributed by atoms with Crippen molar-refractivity contribution in [2.75, 3.05) is 39.3 Å². The molecule has 1 rings (SSSR count). The van der Waals surface area contributed by atoms with Crippen LogP contribution in [0.5, 0.6) is 11.5 Å². The predicted octanol–water partition coefficient (Wildman–Crippen LogP) is 3.36. The molecule has 7 heteroatoms. The van der Waals surface area contributed by atoms with Crippen LogP contribution in [-0.2, 0) is 9.59 Å². The second-order valence-electron chi connectivity index (χ2n) is 5.75. The lowest BCUT2D eigenvalue weighted by molar-refractivity contribution is -0.129. The minimum Gasteiger partial charge on any atom is -0.495 e. The number of nitrogens with zero attached hydrogens (tertiary/aromatic N) is 2. The minimum absolute atomic E-state index is 0.000375. The Balaban J connectivity index is 2.97. The fourth-order valence-corrected chi connectivity index (χ4v) is 2.65. The number of anilines is 1. The Morgan fingerprint density at radius 2 is 1.76 bits per heavy atom. The number of halogens is 1. The summed E-state index contributed by atoms with van der Waals surface area (Å²) >= 11 is 6.11. The van der Waals surface area contributed by atoms with E-state index in [2.05, 4.69) is 6.92 Å². The molecule has 0 aliphatic heterocycles. The van der Waals surface area contributed by atoms with Crippen LogP contribution in [0.1, 0.15) is 33.1 Å². The van der Waals surface area contributed by atoms with E-state index < -0.39 is 0 Å². The van der Waals surface area contributed by atoms with Gasteiger partial charge in [0.05, 0.1) is 24.9 Å². The molecule has 0 aromatic heterocycles. The van der Waals surface area contributed by atoms with Gasteiger partial charge in [0, 0.05) is 45.6 Å². The first-order chi connectivity index (χ1) is 11.8. The van der Waals surface area contributed by atoms with E-state index in [0.717, 1.165) is 12.8 Å². The molecule has 0 atom stereocenters. The standard InChI is InChI=1S/C18H27ClN2O4/c1-6-7-9-20(3)18(23)8-10-21(13(2)22)15-12-16(24-4)14(19)11-17(15)25-5/h11-12H,6-10H2,1-5H3. The third-order valence-electron chi connectivity index (χ3n) is 3.95. The van der Waals surface area contributed by atoms with E-state index in [1.54, 1.807) is 24.1 Å². The topological polar surface area (TPSA) is 59.1 Å². The zero-order valence-corrected chi connectivity index (χ0v) is 16.4. The Morgan fingerprint density at radius 3 is 2.28 bits per heavy atom. The van der Waals surface area contributed by atoms with Crippen molar-refractivity contribution in [3.05, 3.63) is 17.2 Å². The van der Waals surface area contributed by atoms with Gasteiger partial charge in [-0.1, -0.05) is 24.9 Å². The van der Waals surface area contributed by atoms with Crippen molar-refractivity contribution >= 4 is 29.1 Å². The predicted molar refractivity (Wildman–Crippen MR) is 99.7 cm³/mol. The molecule has 0 aliphatic rings. The van der Waals surface area contributed by atoms with Crippen LogP contribution in [-0.4, -0.2) is 51.1 Å². The highest BCUT2D eigenvalue weighted by molar-refractivity contribution is 6.32. The summed E-state index contributed by atoms with van der Waals surface area (Å²) in [5, 5.41) is 0.391. The number of methoxy groups -OCH3 is 2. The van der Waals surface area contributed by atoms with Gasteiger partial charge in [0.15, 0.2) is 0 Å². The van der Waals surface area contributed by atoms with Gasteiger partial charge in [-0.3, -0.25) is 9.59 Å². The van der Waals surface area contributed by atoms with Crippen molar-refractivity contribution in [1.29, 1.82) is 0 Å². The molecular formula is C18H27ClN2O4. The number of unbranched alkanes of at least 4 members (excludes halogenated alkanes) is 1. The number of hydrogen-bond acceptors (Lipinski definition) is 4. The third kappa shape index (κ3) is 5.81. The van der Waals surface area contributed by atoms with Crippen LogP contribution in [0.3, 0.4) is 0 Å². The summed E-state index contributed by atoms with van der Waals surface area (Å²) in [4.78, 5) is 27.6. The van der Waals surface area contributed by atoms with Crippen molar-refractivity contribution in [1.82, 2.24) is 4.90 Å². The molecule has 0 spiro atoms. The maximum Gasteiger partial charge on any atom is 0.224 e. The first-order valence-corrected chi connectivity index (χ1v) is 8.67. The maximum atomic E-state index is 12.2. The molecule has 1 aromatic carbocycles. The first-order valence-electron chi connectivity index (χ1n) is 8.29. The quantitative estimate of drug-likeness (QED) is 0.668. The molecule has 25 heavy (non-hydrogen) atoms.